The van der Waals surface area contributed by atoms with Crippen molar-refractivity contribution in [2.24, 2.45) is 0 Å². The van der Waals surface area contributed by atoms with E-state index < -0.39 is 16.0 Å². The van der Waals surface area contributed by atoms with E-state index in [-0.39, 0.29) is 16.3 Å². The number of benzene rings is 1. The van der Waals surface area contributed by atoms with Gasteiger partial charge in [0.05, 0.1) is 17.4 Å². The third kappa shape index (κ3) is 3.02. The molecule has 3 N–H and O–H groups in total. The van der Waals surface area contributed by atoms with E-state index in [0.717, 1.165) is 0 Å². The van der Waals surface area contributed by atoms with Gasteiger partial charge in [0.15, 0.2) is 5.03 Å². The molecule has 0 aliphatic rings. The summed E-state index contributed by atoms with van der Waals surface area (Å²) in [7, 11) is -3.94. The number of aromatic carboxylic acids is 1. The van der Waals surface area contributed by atoms with Gasteiger partial charge >= 0.3 is 5.97 Å². The van der Waals surface area contributed by atoms with Crippen molar-refractivity contribution in [2.45, 2.75) is 5.03 Å². The number of carbonyl (C=O) groups is 1. The molecule has 0 radical (unpaired) electrons. The predicted octanol–water partition coefficient (Wildman–Crippen LogP) is 2.43. The fourth-order valence-electron chi connectivity index (χ4n) is 1.43. The second kappa shape index (κ2) is 5.54. The van der Waals surface area contributed by atoms with Gasteiger partial charge in [-0.05, 0) is 34.1 Å². The maximum Gasteiger partial charge on any atom is 0.337 e. The van der Waals surface area contributed by atoms with Crippen molar-refractivity contribution in [1.82, 2.24) is 10.2 Å². The number of nitrogens with one attached hydrogen (secondary N) is 2. The highest BCUT2D eigenvalue weighted by molar-refractivity contribution is 9.11. The van der Waals surface area contributed by atoms with E-state index in [0.29, 0.717) is 8.95 Å². The van der Waals surface area contributed by atoms with Crippen LogP contribution in [0.25, 0.3) is 0 Å². The van der Waals surface area contributed by atoms with Gasteiger partial charge in [0, 0.05) is 8.95 Å². The molecule has 1 aromatic heterocycles. The van der Waals surface area contributed by atoms with Gasteiger partial charge in [0.25, 0.3) is 10.0 Å². The lowest BCUT2D eigenvalue weighted by molar-refractivity contribution is 0.0698. The van der Waals surface area contributed by atoms with Crippen LogP contribution in [0.3, 0.4) is 0 Å². The number of rotatable bonds is 4. The highest BCUT2D eigenvalue weighted by Gasteiger charge is 2.22. The zero-order valence-electron chi connectivity index (χ0n) is 9.59. The van der Waals surface area contributed by atoms with Gasteiger partial charge in [-0.2, -0.15) is 13.5 Å². The molecular formula is C10H7Br2N3O4S. The monoisotopic (exact) mass is 423 g/mol. The molecule has 0 amide bonds. The first kappa shape index (κ1) is 15.0. The first-order valence-electron chi connectivity index (χ1n) is 5.06. The molecule has 0 atom stereocenters. The molecule has 0 saturated heterocycles. The average molecular weight is 425 g/mol. The lowest BCUT2D eigenvalue weighted by Gasteiger charge is -2.12. The van der Waals surface area contributed by atoms with E-state index in [9.17, 15) is 13.2 Å². The molecule has 106 valence electrons. The van der Waals surface area contributed by atoms with Gasteiger partial charge in [0.2, 0.25) is 0 Å². The fourth-order valence-corrected chi connectivity index (χ4v) is 3.90. The van der Waals surface area contributed by atoms with Crippen LogP contribution in [0, 0.1) is 0 Å². The normalized spacial score (nSPS) is 11.3. The largest absolute Gasteiger partial charge is 0.478 e. The van der Waals surface area contributed by atoms with Gasteiger partial charge in [-0.3, -0.25) is 9.82 Å². The molecule has 2 rings (SSSR count). The number of sulfonamides is 1. The Labute approximate surface area is 130 Å². The van der Waals surface area contributed by atoms with Crippen LogP contribution in [0.2, 0.25) is 0 Å². The van der Waals surface area contributed by atoms with Crippen LogP contribution in [-0.4, -0.2) is 29.7 Å². The van der Waals surface area contributed by atoms with Crippen molar-refractivity contribution in [3.63, 3.8) is 0 Å². The summed E-state index contributed by atoms with van der Waals surface area (Å²) in [5, 5.41) is 14.8. The van der Waals surface area contributed by atoms with Gasteiger partial charge in [0.1, 0.15) is 0 Å². The Morgan fingerprint density at radius 1 is 1.35 bits per heavy atom. The number of aromatic amines is 1. The summed E-state index contributed by atoms with van der Waals surface area (Å²) in [5.74, 6) is -1.26. The quantitative estimate of drug-likeness (QED) is 0.697. The van der Waals surface area contributed by atoms with Crippen LogP contribution in [-0.2, 0) is 10.0 Å². The topological polar surface area (TPSA) is 112 Å². The maximum absolute atomic E-state index is 12.1. The van der Waals surface area contributed by atoms with E-state index >= 15 is 0 Å². The molecule has 0 aliphatic carbocycles. The standard InChI is InChI=1S/C10H7Br2N3O4S/c11-5-3-6(10(16)17)9(7(12)4-5)15-20(18,19)8-1-2-13-14-8/h1-4,15H,(H,13,14)(H,16,17). The molecule has 7 nitrogen and oxygen atoms in total. The van der Waals surface area contributed by atoms with Crippen molar-refractivity contribution >= 4 is 53.5 Å². The smallest absolute Gasteiger partial charge is 0.337 e. The number of hydrogen-bond donors (Lipinski definition) is 3. The van der Waals surface area contributed by atoms with E-state index in [2.05, 4.69) is 46.8 Å². The molecule has 2 aromatic rings. The van der Waals surface area contributed by atoms with E-state index in [1.807, 2.05) is 0 Å². The zero-order valence-corrected chi connectivity index (χ0v) is 13.6. The molecule has 0 saturated carbocycles. The van der Waals surface area contributed by atoms with Gasteiger partial charge in [-0.25, -0.2) is 4.79 Å². The molecule has 0 unspecified atom stereocenters. The number of halogens is 2. The highest BCUT2D eigenvalue weighted by Crippen LogP contribution is 2.32. The van der Waals surface area contributed by atoms with Crippen molar-refractivity contribution in [2.75, 3.05) is 4.72 Å². The minimum atomic E-state index is -3.94. The van der Waals surface area contributed by atoms with Crippen LogP contribution in [0.1, 0.15) is 10.4 Å². The van der Waals surface area contributed by atoms with Gasteiger partial charge in [-0.1, -0.05) is 15.9 Å². The Morgan fingerprint density at radius 2 is 2.05 bits per heavy atom. The Bertz CT molecular complexity index is 759. The number of carboxylic acids is 1. The molecule has 1 heterocycles. The Kier molecular flexibility index (Phi) is 4.16. The van der Waals surface area contributed by atoms with Crippen LogP contribution in [0.15, 0.2) is 38.4 Å². The number of hydrogen-bond acceptors (Lipinski definition) is 4. The third-order valence-corrected chi connectivity index (χ3v) is 4.65. The van der Waals surface area contributed by atoms with E-state index in [1.165, 1.54) is 24.4 Å². The number of anilines is 1. The van der Waals surface area contributed by atoms with Crippen LogP contribution in [0.4, 0.5) is 5.69 Å². The lowest BCUT2D eigenvalue weighted by atomic mass is 10.2. The van der Waals surface area contributed by atoms with E-state index in [4.69, 9.17) is 5.11 Å². The second-order valence-electron chi connectivity index (χ2n) is 3.64. The number of H-pyrrole nitrogens is 1. The van der Waals surface area contributed by atoms with Crippen molar-refractivity contribution in [3.8, 4) is 0 Å². The molecule has 0 spiro atoms. The number of nitrogens with zero attached hydrogens (tertiary/aromatic N) is 1. The minimum absolute atomic E-state index is 0.0599. The predicted molar refractivity (Wildman–Crippen MR) is 78.2 cm³/mol. The molecule has 20 heavy (non-hydrogen) atoms. The summed E-state index contributed by atoms with van der Waals surface area (Å²) < 4.78 is 27.2. The molecule has 0 bridgehead atoms. The molecule has 0 aliphatic heterocycles. The zero-order chi connectivity index (χ0) is 14.9. The summed E-state index contributed by atoms with van der Waals surface area (Å²) in [6.07, 6.45) is 1.28. The van der Waals surface area contributed by atoms with Crippen LogP contribution in [0.5, 0.6) is 0 Å². The molecular weight excluding hydrogens is 418 g/mol. The SMILES string of the molecule is O=C(O)c1cc(Br)cc(Br)c1NS(=O)(=O)c1ccn[nH]1. The van der Waals surface area contributed by atoms with Crippen LogP contribution < -0.4 is 4.72 Å². The average Bonchev–Trinajstić information content (AvgIpc) is 2.86. The Morgan fingerprint density at radius 3 is 2.60 bits per heavy atom. The third-order valence-electron chi connectivity index (χ3n) is 2.29. The molecule has 0 fully saturated rings. The Balaban J connectivity index is 2.52. The van der Waals surface area contributed by atoms with Crippen molar-refractivity contribution in [3.05, 3.63) is 38.9 Å². The minimum Gasteiger partial charge on any atom is -0.478 e. The summed E-state index contributed by atoms with van der Waals surface area (Å²) in [5.41, 5.74) is -0.246. The summed E-state index contributed by atoms with van der Waals surface area (Å²) in [6.45, 7) is 0. The molecule has 10 heteroatoms. The van der Waals surface area contributed by atoms with Crippen molar-refractivity contribution < 1.29 is 18.3 Å². The fraction of sp³-hybridized carbons (Fsp3) is 0. The highest BCUT2D eigenvalue weighted by atomic mass is 79.9. The Hall–Kier alpha value is -1.39. The van der Waals surface area contributed by atoms with Crippen LogP contribution >= 0.6 is 31.9 Å². The van der Waals surface area contributed by atoms with Gasteiger partial charge in [-0.15, -0.1) is 0 Å². The van der Waals surface area contributed by atoms with Gasteiger partial charge < -0.3 is 5.11 Å². The summed E-state index contributed by atoms with van der Waals surface area (Å²) in [4.78, 5) is 11.2. The number of aromatic nitrogens is 2. The summed E-state index contributed by atoms with van der Waals surface area (Å²) >= 11 is 6.28. The molecule has 1 aromatic carbocycles. The lowest BCUT2D eigenvalue weighted by Crippen LogP contribution is -2.16. The second-order valence-corrected chi connectivity index (χ2v) is 7.06. The first-order chi connectivity index (χ1) is 9.31. The summed E-state index contributed by atoms with van der Waals surface area (Å²) in [6, 6.07) is 4.10. The maximum atomic E-state index is 12.1. The van der Waals surface area contributed by atoms with Crippen molar-refractivity contribution in [1.29, 1.82) is 0 Å². The number of carboxylic acid groups (broad SMARTS) is 1. The first-order valence-corrected chi connectivity index (χ1v) is 8.12. The van der Waals surface area contributed by atoms with E-state index in [1.54, 1.807) is 0 Å².